The van der Waals surface area contributed by atoms with Crippen LogP contribution in [0.3, 0.4) is 0 Å². The summed E-state index contributed by atoms with van der Waals surface area (Å²) >= 11 is 0. The SMILES string of the molecule is Cc1ccncc1Cn1cccc1C=O. The average molecular weight is 200 g/mol. The van der Waals surface area contributed by atoms with E-state index in [1.165, 1.54) is 5.56 Å². The number of hydrogen-bond acceptors (Lipinski definition) is 2. The van der Waals surface area contributed by atoms with Gasteiger partial charge in [0.2, 0.25) is 0 Å². The molecule has 0 saturated carbocycles. The van der Waals surface area contributed by atoms with Gasteiger partial charge in [0.05, 0.1) is 5.69 Å². The first-order valence-electron chi connectivity index (χ1n) is 4.81. The zero-order valence-corrected chi connectivity index (χ0v) is 8.55. The minimum atomic E-state index is 0.693. The Balaban J connectivity index is 2.29. The largest absolute Gasteiger partial charge is 0.341 e. The zero-order chi connectivity index (χ0) is 10.7. The molecule has 0 fully saturated rings. The van der Waals surface area contributed by atoms with Crippen molar-refractivity contribution in [2.24, 2.45) is 0 Å². The Morgan fingerprint density at radius 1 is 1.47 bits per heavy atom. The molecule has 3 nitrogen and oxygen atoms in total. The van der Waals surface area contributed by atoms with Crippen molar-refractivity contribution in [1.29, 1.82) is 0 Å². The molecule has 2 aromatic rings. The van der Waals surface area contributed by atoms with E-state index >= 15 is 0 Å². The molecule has 2 heterocycles. The van der Waals surface area contributed by atoms with Gasteiger partial charge in [-0.15, -0.1) is 0 Å². The number of carbonyl (C=O) groups excluding carboxylic acids is 1. The Morgan fingerprint density at radius 3 is 3.07 bits per heavy atom. The fraction of sp³-hybridized carbons (Fsp3) is 0.167. The fourth-order valence-corrected chi connectivity index (χ4v) is 1.52. The molecule has 0 N–H and O–H groups in total. The molecule has 3 heteroatoms. The summed E-state index contributed by atoms with van der Waals surface area (Å²) < 4.78 is 1.91. The van der Waals surface area contributed by atoms with Crippen LogP contribution in [0.1, 0.15) is 21.6 Å². The van der Waals surface area contributed by atoms with Crippen molar-refractivity contribution in [2.45, 2.75) is 13.5 Å². The average Bonchev–Trinajstić information content (AvgIpc) is 2.69. The maximum atomic E-state index is 10.7. The normalized spacial score (nSPS) is 10.2. The van der Waals surface area contributed by atoms with E-state index in [4.69, 9.17) is 0 Å². The Hall–Kier alpha value is -1.90. The summed E-state index contributed by atoms with van der Waals surface area (Å²) in [5.74, 6) is 0. The predicted octanol–water partition coefficient (Wildman–Crippen LogP) is 2.05. The number of nitrogens with zero attached hydrogens (tertiary/aromatic N) is 2. The van der Waals surface area contributed by atoms with Crippen LogP contribution in [-0.4, -0.2) is 15.8 Å². The van der Waals surface area contributed by atoms with Gasteiger partial charge in [-0.2, -0.15) is 0 Å². The van der Waals surface area contributed by atoms with E-state index in [-0.39, 0.29) is 0 Å². The lowest BCUT2D eigenvalue weighted by Crippen LogP contribution is -2.03. The molecule has 76 valence electrons. The molecular formula is C12H12N2O. The van der Waals surface area contributed by atoms with Gasteiger partial charge in [-0.3, -0.25) is 9.78 Å². The van der Waals surface area contributed by atoms with Crippen LogP contribution in [0, 0.1) is 6.92 Å². The molecule has 0 radical (unpaired) electrons. The van der Waals surface area contributed by atoms with Crippen LogP contribution in [0.15, 0.2) is 36.8 Å². The van der Waals surface area contributed by atoms with Crippen LogP contribution >= 0.6 is 0 Å². The monoisotopic (exact) mass is 200 g/mol. The first kappa shape index (κ1) is 9.65. The first-order valence-corrected chi connectivity index (χ1v) is 4.81. The van der Waals surface area contributed by atoms with Crippen molar-refractivity contribution >= 4 is 6.29 Å². The standard InChI is InChI=1S/C12H12N2O/c1-10-4-5-13-7-11(10)8-14-6-2-3-12(14)9-15/h2-7,9H,8H2,1H3. The molecule has 0 aliphatic heterocycles. The quantitative estimate of drug-likeness (QED) is 0.711. The molecule has 0 saturated heterocycles. The Bertz CT molecular complexity index is 474. The fourth-order valence-electron chi connectivity index (χ4n) is 1.52. The van der Waals surface area contributed by atoms with Gasteiger partial charge in [-0.05, 0) is 36.2 Å². The summed E-state index contributed by atoms with van der Waals surface area (Å²) in [4.78, 5) is 14.8. The smallest absolute Gasteiger partial charge is 0.166 e. The lowest BCUT2D eigenvalue weighted by molar-refractivity contribution is 0.111. The number of aromatic nitrogens is 2. The Kier molecular flexibility index (Phi) is 2.63. The Morgan fingerprint density at radius 2 is 2.33 bits per heavy atom. The molecule has 0 bridgehead atoms. The van der Waals surface area contributed by atoms with Crippen LogP contribution in [-0.2, 0) is 6.54 Å². The van der Waals surface area contributed by atoms with Crippen molar-refractivity contribution in [3.05, 3.63) is 53.6 Å². The van der Waals surface area contributed by atoms with Crippen molar-refractivity contribution in [1.82, 2.24) is 9.55 Å². The predicted molar refractivity (Wildman–Crippen MR) is 57.9 cm³/mol. The molecule has 0 atom stereocenters. The van der Waals surface area contributed by atoms with Crippen molar-refractivity contribution < 1.29 is 4.79 Å². The van der Waals surface area contributed by atoms with Gasteiger partial charge in [0.25, 0.3) is 0 Å². The molecule has 0 aliphatic rings. The van der Waals surface area contributed by atoms with Gasteiger partial charge in [-0.1, -0.05) is 0 Å². The number of aldehydes is 1. The second kappa shape index (κ2) is 4.09. The minimum absolute atomic E-state index is 0.693. The van der Waals surface area contributed by atoms with E-state index in [2.05, 4.69) is 4.98 Å². The summed E-state index contributed by atoms with van der Waals surface area (Å²) in [7, 11) is 0. The van der Waals surface area contributed by atoms with Crippen LogP contribution in [0.5, 0.6) is 0 Å². The highest BCUT2D eigenvalue weighted by molar-refractivity contribution is 5.72. The number of hydrogen-bond donors (Lipinski definition) is 0. The molecule has 0 aliphatic carbocycles. The molecule has 0 spiro atoms. The zero-order valence-electron chi connectivity index (χ0n) is 8.55. The second-order valence-electron chi connectivity index (χ2n) is 3.48. The van der Waals surface area contributed by atoms with Gasteiger partial charge >= 0.3 is 0 Å². The maximum Gasteiger partial charge on any atom is 0.166 e. The molecule has 0 aromatic carbocycles. The highest BCUT2D eigenvalue weighted by atomic mass is 16.1. The molecular weight excluding hydrogens is 188 g/mol. The van der Waals surface area contributed by atoms with Gasteiger partial charge < -0.3 is 4.57 Å². The van der Waals surface area contributed by atoms with Gasteiger partial charge in [-0.25, -0.2) is 0 Å². The molecule has 2 aromatic heterocycles. The van der Waals surface area contributed by atoms with E-state index in [1.54, 1.807) is 12.3 Å². The van der Waals surface area contributed by atoms with E-state index in [0.717, 1.165) is 11.8 Å². The van der Waals surface area contributed by atoms with Gasteiger partial charge in [0, 0.05) is 25.1 Å². The minimum Gasteiger partial charge on any atom is -0.341 e. The van der Waals surface area contributed by atoms with Crippen LogP contribution in [0.2, 0.25) is 0 Å². The number of carbonyl (C=O) groups is 1. The summed E-state index contributed by atoms with van der Waals surface area (Å²) in [5.41, 5.74) is 3.02. The summed E-state index contributed by atoms with van der Waals surface area (Å²) in [6.45, 7) is 2.74. The van der Waals surface area contributed by atoms with E-state index < -0.39 is 0 Å². The molecule has 2 rings (SSSR count). The van der Waals surface area contributed by atoms with Crippen molar-refractivity contribution in [3.63, 3.8) is 0 Å². The van der Waals surface area contributed by atoms with Crippen molar-refractivity contribution in [3.8, 4) is 0 Å². The van der Waals surface area contributed by atoms with Gasteiger partial charge in [0.15, 0.2) is 6.29 Å². The number of pyridine rings is 1. The lowest BCUT2D eigenvalue weighted by atomic mass is 10.1. The third kappa shape index (κ3) is 1.96. The molecule has 0 unspecified atom stereocenters. The highest BCUT2D eigenvalue weighted by Gasteiger charge is 2.02. The summed E-state index contributed by atoms with van der Waals surface area (Å²) in [6.07, 6.45) is 6.38. The van der Waals surface area contributed by atoms with Crippen LogP contribution < -0.4 is 0 Å². The highest BCUT2D eigenvalue weighted by Crippen LogP contribution is 2.09. The third-order valence-corrected chi connectivity index (χ3v) is 2.47. The third-order valence-electron chi connectivity index (χ3n) is 2.47. The van der Waals surface area contributed by atoms with E-state index in [9.17, 15) is 4.79 Å². The van der Waals surface area contributed by atoms with Crippen molar-refractivity contribution in [2.75, 3.05) is 0 Å². The maximum absolute atomic E-state index is 10.7. The Labute approximate surface area is 88.4 Å². The van der Waals surface area contributed by atoms with E-state index in [0.29, 0.717) is 12.2 Å². The summed E-state index contributed by atoms with van der Waals surface area (Å²) in [5, 5.41) is 0. The second-order valence-corrected chi connectivity index (χ2v) is 3.48. The molecule has 15 heavy (non-hydrogen) atoms. The number of rotatable bonds is 3. The van der Waals surface area contributed by atoms with Gasteiger partial charge in [0.1, 0.15) is 0 Å². The lowest BCUT2D eigenvalue weighted by Gasteiger charge is -2.07. The number of aryl methyl sites for hydroxylation is 1. The topological polar surface area (TPSA) is 34.9 Å². The van der Waals surface area contributed by atoms with Crippen LogP contribution in [0.4, 0.5) is 0 Å². The van der Waals surface area contributed by atoms with E-state index in [1.807, 2.05) is 36.0 Å². The molecule has 0 amide bonds. The summed E-state index contributed by atoms with van der Waals surface area (Å²) in [6, 6.07) is 5.65. The van der Waals surface area contributed by atoms with Crippen LogP contribution in [0.25, 0.3) is 0 Å². The first-order chi connectivity index (χ1) is 7.31.